The molecule has 0 aliphatic heterocycles. The molecule has 17 heavy (non-hydrogen) atoms. The molecule has 0 aliphatic carbocycles. The number of nitrogens with one attached hydrogen (secondary N) is 1. The van der Waals surface area contributed by atoms with Crippen molar-refractivity contribution in [1.29, 1.82) is 0 Å². The summed E-state index contributed by atoms with van der Waals surface area (Å²) in [5.74, 6) is 0.783. The van der Waals surface area contributed by atoms with Gasteiger partial charge in [-0.3, -0.25) is 4.79 Å². The fourth-order valence-electron chi connectivity index (χ4n) is 1.48. The van der Waals surface area contributed by atoms with Gasteiger partial charge in [-0.25, -0.2) is 0 Å². The van der Waals surface area contributed by atoms with E-state index < -0.39 is 5.37 Å². The lowest BCUT2D eigenvalue weighted by atomic mass is 9.84. The summed E-state index contributed by atoms with van der Waals surface area (Å²) in [4.78, 5) is 10.7. The molecule has 1 aromatic carbocycles. The van der Waals surface area contributed by atoms with E-state index in [1.54, 1.807) is 7.11 Å². The van der Waals surface area contributed by atoms with Gasteiger partial charge in [-0.15, -0.1) is 0 Å². The zero-order chi connectivity index (χ0) is 13.1. The molecule has 3 nitrogen and oxygen atoms in total. The average Bonchev–Trinajstić information content (AvgIpc) is 2.26. The lowest BCUT2D eigenvalue weighted by molar-refractivity contribution is 0.257. The van der Waals surface area contributed by atoms with E-state index >= 15 is 0 Å². The molecule has 0 aromatic heterocycles. The molecule has 0 atom stereocenters. The second-order valence-electron chi connectivity index (χ2n) is 4.36. The maximum atomic E-state index is 10.7. The summed E-state index contributed by atoms with van der Waals surface area (Å²) in [6.45, 7) is 4.55. The molecule has 1 rings (SSSR count). The Hall–Kier alpha value is -0.740. The molecule has 0 unspecified atom stereocenters. The third-order valence-corrected chi connectivity index (χ3v) is 3.36. The Morgan fingerprint density at radius 3 is 2.65 bits per heavy atom. The van der Waals surface area contributed by atoms with E-state index in [1.165, 1.54) is 0 Å². The molecule has 1 amide bonds. The number of rotatable bonds is 4. The summed E-state index contributed by atoms with van der Waals surface area (Å²) >= 11 is 8.71. The van der Waals surface area contributed by atoms with Crippen molar-refractivity contribution in [1.82, 2.24) is 5.32 Å². The van der Waals surface area contributed by atoms with Gasteiger partial charge in [0.05, 0.1) is 11.6 Å². The Bertz CT molecular complexity index is 421. The first-order valence-corrected chi connectivity index (χ1v) is 6.31. The molecule has 0 aliphatic rings. The second-order valence-corrected chi connectivity index (χ2v) is 5.56. The van der Waals surface area contributed by atoms with Crippen LogP contribution in [0.3, 0.4) is 0 Å². The number of benzene rings is 1. The summed E-state index contributed by atoms with van der Waals surface area (Å²) in [5, 5.41) is 2.08. The van der Waals surface area contributed by atoms with Crippen molar-refractivity contribution in [2.75, 3.05) is 13.7 Å². The predicted octanol–water partition coefficient (Wildman–Crippen LogP) is 3.68. The van der Waals surface area contributed by atoms with E-state index in [0.717, 1.165) is 15.8 Å². The molecule has 0 spiro atoms. The normalized spacial score (nSPS) is 11.1. The van der Waals surface area contributed by atoms with Crippen LogP contribution in [0.25, 0.3) is 0 Å². The first-order chi connectivity index (χ1) is 7.86. The second kappa shape index (κ2) is 5.74. The van der Waals surface area contributed by atoms with Gasteiger partial charge >= 0.3 is 5.37 Å². The summed E-state index contributed by atoms with van der Waals surface area (Å²) in [6.07, 6.45) is 0. The van der Waals surface area contributed by atoms with Crippen molar-refractivity contribution < 1.29 is 9.53 Å². The van der Waals surface area contributed by atoms with Gasteiger partial charge in [0, 0.05) is 12.0 Å². The summed E-state index contributed by atoms with van der Waals surface area (Å²) in [6, 6.07) is 5.85. The Balaban J connectivity index is 2.90. The molecular formula is C12H15BrClNO2. The van der Waals surface area contributed by atoms with Gasteiger partial charge in [0.1, 0.15) is 5.75 Å². The quantitative estimate of drug-likeness (QED) is 0.679. The highest BCUT2D eigenvalue weighted by Gasteiger charge is 2.22. The molecule has 0 saturated heterocycles. The maximum Gasteiger partial charge on any atom is 0.313 e. The molecule has 1 aromatic rings. The van der Waals surface area contributed by atoms with Crippen molar-refractivity contribution in [3.8, 4) is 5.75 Å². The van der Waals surface area contributed by atoms with Gasteiger partial charge < -0.3 is 10.1 Å². The third-order valence-electron chi connectivity index (χ3n) is 2.60. The number of hydrogen-bond acceptors (Lipinski definition) is 2. The largest absolute Gasteiger partial charge is 0.496 e. The number of carbonyl (C=O) groups is 1. The monoisotopic (exact) mass is 319 g/mol. The Morgan fingerprint density at radius 2 is 2.18 bits per heavy atom. The van der Waals surface area contributed by atoms with Gasteiger partial charge in [-0.1, -0.05) is 19.9 Å². The minimum Gasteiger partial charge on any atom is -0.496 e. The highest BCUT2D eigenvalue weighted by Crippen LogP contribution is 2.31. The Morgan fingerprint density at radius 1 is 1.53 bits per heavy atom. The molecule has 0 saturated carbocycles. The molecule has 0 bridgehead atoms. The number of hydrogen-bond donors (Lipinski definition) is 1. The van der Waals surface area contributed by atoms with Crippen LogP contribution >= 0.6 is 27.5 Å². The smallest absolute Gasteiger partial charge is 0.313 e. The van der Waals surface area contributed by atoms with Gasteiger partial charge in [0.15, 0.2) is 0 Å². The molecule has 0 radical (unpaired) electrons. The van der Waals surface area contributed by atoms with Crippen molar-refractivity contribution >= 4 is 32.9 Å². The maximum absolute atomic E-state index is 10.7. The van der Waals surface area contributed by atoms with Gasteiger partial charge in [-0.2, -0.15) is 0 Å². The van der Waals surface area contributed by atoms with Crippen LogP contribution in [0.15, 0.2) is 22.7 Å². The van der Waals surface area contributed by atoms with E-state index in [-0.39, 0.29) is 5.41 Å². The summed E-state index contributed by atoms with van der Waals surface area (Å²) in [7, 11) is 1.62. The lowest BCUT2D eigenvalue weighted by Crippen LogP contribution is -2.34. The van der Waals surface area contributed by atoms with Crippen LogP contribution < -0.4 is 10.1 Å². The lowest BCUT2D eigenvalue weighted by Gasteiger charge is -2.25. The minimum atomic E-state index is -0.536. The summed E-state index contributed by atoms with van der Waals surface area (Å²) < 4.78 is 6.06. The van der Waals surface area contributed by atoms with E-state index in [0.29, 0.717) is 6.54 Å². The summed E-state index contributed by atoms with van der Waals surface area (Å²) in [5.41, 5.74) is 0.898. The minimum absolute atomic E-state index is 0.195. The Labute approximate surface area is 115 Å². The van der Waals surface area contributed by atoms with E-state index in [2.05, 4.69) is 21.2 Å². The SMILES string of the molecule is COc1ccc(C(C)(C)CNC(=O)Cl)cc1Br. The number of halogens is 2. The zero-order valence-corrected chi connectivity index (χ0v) is 12.4. The van der Waals surface area contributed by atoms with Crippen molar-refractivity contribution in [3.05, 3.63) is 28.2 Å². The molecule has 0 fully saturated rings. The first kappa shape index (κ1) is 14.3. The number of ether oxygens (including phenoxy) is 1. The van der Waals surface area contributed by atoms with Crippen LogP contribution in [0, 0.1) is 0 Å². The molecule has 1 N–H and O–H groups in total. The predicted molar refractivity (Wildman–Crippen MR) is 73.0 cm³/mol. The van der Waals surface area contributed by atoms with E-state index in [9.17, 15) is 4.79 Å². The van der Waals surface area contributed by atoms with Crippen molar-refractivity contribution in [2.45, 2.75) is 19.3 Å². The van der Waals surface area contributed by atoms with Crippen molar-refractivity contribution in [3.63, 3.8) is 0 Å². The molecule has 0 heterocycles. The van der Waals surface area contributed by atoms with Crippen LogP contribution in [0.4, 0.5) is 4.79 Å². The van der Waals surface area contributed by atoms with Crippen LogP contribution in [-0.4, -0.2) is 19.0 Å². The molecular weight excluding hydrogens is 305 g/mol. The number of amides is 1. The fourth-order valence-corrected chi connectivity index (χ4v) is 2.09. The zero-order valence-electron chi connectivity index (χ0n) is 10.0. The highest BCUT2D eigenvalue weighted by atomic mass is 79.9. The third kappa shape index (κ3) is 3.89. The van der Waals surface area contributed by atoms with Crippen LogP contribution in [-0.2, 0) is 5.41 Å². The molecule has 5 heteroatoms. The van der Waals surface area contributed by atoms with Crippen LogP contribution in [0.2, 0.25) is 0 Å². The van der Waals surface area contributed by atoms with E-state index in [4.69, 9.17) is 16.3 Å². The van der Waals surface area contributed by atoms with Crippen LogP contribution in [0.5, 0.6) is 5.75 Å². The first-order valence-electron chi connectivity index (χ1n) is 5.14. The Kier molecular flexibility index (Phi) is 4.83. The van der Waals surface area contributed by atoms with Crippen molar-refractivity contribution in [2.24, 2.45) is 0 Å². The number of carbonyl (C=O) groups excluding carboxylic acids is 1. The van der Waals surface area contributed by atoms with Gasteiger partial charge in [0.25, 0.3) is 0 Å². The molecule has 94 valence electrons. The van der Waals surface area contributed by atoms with Gasteiger partial charge in [0.2, 0.25) is 0 Å². The van der Waals surface area contributed by atoms with Crippen LogP contribution in [0.1, 0.15) is 19.4 Å². The van der Waals surface area contributed by atoms with Gasteiger partial charge in [-0.05, 0) is 45.2 Å². The average molecular weight is 321 g/mol. The fraction of sp³-hybridized carbons (Fsp3) is 0.417. The topological polar surface area (TPSA) is 38.3 Å². The highest BCUT2D eigenvalue weighted by molar-refractivity contribution is 9.10. The number of methoxy groups -OCH3 is 1. The van der Waals surface area contributed by atoms with E-state index in [1.807, 2.05) is 32.0 Å². The standard InChI is InChI=1S/C12H15BrClNO2/c1-12(2,7-15-11(14)16)8-4-5-10(17-3)9(13)6-8/h4-6H,7H2,1-3H3,(H,15,16).